The van der Waals surface area contributed by atoms with Crippen molar-refractivity contribution in [2.75, 3.05) is 0 Å². The number of carbonyl (C=O) groups excluding carboxylic acids is 1. The normalized spacial score (nSPS) is 50.2. The molecule has 0 heterocycles. The molecule has 0 aromatic rings. The lowest BCUT2D eigenvalue weighted by Gasteiger charge is -2.60. The highest BCUT2D eigenvalue weighted by atomic mass is 16.7. The number of carboxylic acid groups (broad SMARTS) is 1. The Hall–Kier alpha value is -1.62. The average molecular weight is 427 g/mol. The molecule has 6 aliphatic carbocycles. The molecule has 5 saturated carbocycles. The third kappa shape index (κ3) is 2.71. The van der Waals surface area contributed by atoms with Crippen molar-refractivity contribution in [3.05, 3.63) is 24.0 Å². The van der Waals surface area contributed by atoms with Gasteiger partial charge in [-0.3, -0.25) is 4.79 Å². The monoisotopic (exact) mass is 426 g/mol. The first-order chi connectivity index (χ1) is 14.9. The first-order valence-electron chi connectivity index (χ1n) is 12.4. The molecule has 0 aliphatic heterocycles. The number of hydrogen-bond donors (Lipinski definition) is 2. The second-order valence-corrected chi connectivity index (χ2v) is 11.4. The summed E-state index contributed by atoms with van der Waals surface area (Å²) >= 11 is 0. The van der Waals surface area contributed by atoms with E-state index in [1.54, 1.807) is 6.08 Å². The SMILES string of the molecule is CC[C@]12CC[C@H]3[C@H]([C@@H]1[C@@H]1C[C@@H]1[C@@]2(O)/C=C\OC(=O)O)[C@H](C1CC1)CC1=CC(=O)CC[C@@H]13. The number of rotatable bonds is 4. The maximum absolute atomic E-state index is 12.2. The largest absolute Gasteiger partial charge is 0.510 e. The summed E-state index contributed by atoms with van der Waals surface area (Å²) < 4.78 is 4.70. The Morgan fingerprint density at radius 1 is 1.23 bits per heavy atom. The molecule has 6 aliphatic rings. The summed E-state index contributed by atoms with van der Waals surface area (Å²) in [5, 5.41) is 20.9. The number of ketones is 1. The Balaban J connectivity index is 1.39. The summed E-state index contributed by atoms with van der Waals surface area (Å²) in [7, 11) is 0. The van der Waals surface area contributed by atoms with E-state index in [2.05, 4.69) is 6.92 Å². The van der Waals surface area contributed by atoms with Crippen molar-refractivity contribution < 1.29 is 24.5 Å². The lowest BCUT2D eigenvalue weighted by Crippen LogP contribution is -2.57. The van der Waals surface area contributed by atoms with Crippen LogP contribution >= 0.6 is 0 Å². The third-order valence-corrected chi connectivity index (χ3v) is 10.5. The molecular weight excluding hydrogens is 392 g/mol. The molecule has 2 N–H and O–H groups in total. The van der Waals surface area contributed by atoms with E-state index >= 15 is 0 Å². The molecule has 5 fully saturated rings. The molecule has 9 atom stereocenters. The van der Waals surface area contributed by atoms with Gasteiger partial charge in [0.05, 0.1) is 11.9 Å². The van der Waals surface area contributed by atoms with E-state index < -0.39 is 11.8 Å². The highest BCUT2D eigenvalue weighted by molar-refractivity contribution is 5.91. The molecule has 0 bridgehead atoms. The molecule has 5 heteroatoms. The van der Waals surface area contributed by atoms with Crippen LogP contribution in [0.5, 0.6) is 0 Å². The van der Waals surface area contributed by atoms with Crippen molar-refractivity contribution in [2.24, 2.45) is 52.8 Å². The van der Waals surface area contributed by atoms with Crippen molar-refractivity contribution >= 4 is 11.9 Å². The van der Waals surface area contributed by atoms with Gasteiger partial charge in [0.15, 0.2) is 5.78 Å². The zero-order valence-electron chi connectivity index (χ0n) is 18.3. The van der Waals surface area contributed by atoms with Gasteiger partial charge in [-0.1, -0.05) is 12.5 Å². The Kier molecular flexibility index (Phi) is 4.32. The van der Waals surface area contributed by atoms with Gasteiger partial charge in [-0.15, -0.1) is 0 Å². The lowest BCUT2D eigenvalue weighted by molar-refractivity contribution is -0.140. The molecule has 0 amide bonds. The van der Waals surface area contributed by atoms with Gasteiger partial charge < -0.3 is 14.9 Å². The quantitative estimate of drug-likeness (QED) is 0.491. The highest BCUT2D eigenvalue weighted by Crippen LogP contribution is 2.78. The summed E-state index contributed by atoms with van der Waals surface area (Å²) in [6, 6.07) is 0. The van der Waals surface area contributed by atoms with Gasteiger partial charge in [0.1, 0.15) is 0 Å². The van der Waals surface area contributed by atoms with E-state index in [4.69, 9.17) is 9.84 Å². The van der Waals surface area contributed by atoms with Crippen LogP contribution in [0.2, 0.25) is 0 Å². The molecule has 168 valence electrons. The summed E-state index contributed by atoms with van der Waals surface area (Å²) in [5.74, 6) is 4.88. The predicted octanol–water partition coefficient (Wildman–Crippen LogP) is 4.95. The summed E-state index contributed by atoms with van der Waals surface area (Å²) in [6.45, 7) is 2.22. The van der Waals surface area contributed by atoms with E-state index in [0.717, 1.165) is 44.4 Å². The molecule has 6 rings (SSSR count). The van der Waals surface area contributed by atoms with Crippen molar-refractivity contribution in [3.8, 4) is 0 Å². The van der Waals surface area contributed by atoms with Gasteiger partial charge in [0, 0.05) is 11.8 Å². The first-order valence-corrected chi connectivity index (χ1v) is 12.4. The number of carbonyl (C=O) groups is 2. The molecule has 5 nitrogen and oxygen atoms in total. The number of hydrogen-bond acceptors (Lipinski definition) is 4. The Morgan fingerprint density at radius 2 is 2.03 bits per heavy atom. The fraction of sp³-hybridized carbons (Fsp3) is 0.769. The first kappa shape index (κ1) is 20.0. The van der Waals surface area contributed by atoms with Crippen LogP contribution < -0.4 is 0 Å². The molecule has 0 saturated heterocycles. The second kappa shape index (κ2) is 6.69. The van der Waals surface area contributed by atoms with Gasteiger partial charge in [0.2, 0.25) is 0 Å². The number of allylic oxidation sites excluding steroid dienone is 1. The summed E-state index contributed by atoms with van der Waals surface area (Å²) in [4.78, 5) is 23.1. The molecule has 0 radical (unpaired) electrons. The molecule has 0 spiro atoms. The van der Waals surface area contributed by atoms with Crippen LogP contribution in [-0.4, -0.2) is 27.8 Å². The Morgan fingerprint density at radius 3 is 2.74 bits per heavy atom. The van der Waals surface area contributed by atoms with E-state index in [0.29, 0.717) is 47.7 Å². The van der Waals surface area contributed by atoms with E-state index in [1.807, 2.05) is 6.08 Å². The van der Waals surface area contributed by atoms with Crippen LogP contribution in [0, 0.1) is 52.8 Å². The minimum Gasteiger partial charge on any atom is -0.449 e. The predicted molar refractivity (Wildman–Crippen MR) is 114 cm³/mol. The Bertz CT molecular complexity index is 871. The van der Waals surface area contributed by atoms with Crippen molar-refractivity contribution in [2.45, 2.75) is 70.3 Å². The molecule has 0 aromatic heterocycles. The zero-order chi connectivity index (χ0) is 21.5. The van der Waals surface area contributed by atoms with Gasteiger partial charge in [-0.25, -0.2) is 4.79 Å². The van der Waals surface area contributed by atoms with E-state index in [9.17, 15) is 14.7 Å². The fourth-order valence-corrected chi connectivity index (χ4v) is 9.28. The van der Waals surface area contributed by atoms with Crippen LogP contribution in [0.25, 0.3) is 0 Å². The number of fused-ring (bicyclic) bond motifs is 7. The summed E-state index contributed by atoms with van der Waals surface area (Å²) in [5.41, 5.74) is 0.289. The van der Waals surface area contributed by atoms with Crippen LogP contribution in [0.3, 0.4) is 0 Å². The maximum atomic E-state index is 12.2. The van der Waals surface area contributed by atoms with Gasteiger partial charge >= 0.3 is 6.16 Å². The standard InChI is InChI=1S/C26H34O5/c1-2-25-8-7-18-17-6-5-16(27)11-15(17)12-19(14-3-4-14)22(18)23(25)20-13-21(20)26(25,30)9-10-31-24(28)29/h9-11,14,17-23,30H,2-8,12-13H2,1H3,(H,28,29)/b10-9-/t17-,18+,19-,20+,21-,22-,23-,25-,26-/m0/s1. The lowest BCUT2D eigenvalue weighted by atomic mass is 9.45. The van der Waals surface area contributed by atoms with Crippen LogP contribution in [0.15, 0.2) is 24.0 Å². The second-order valence-electron chi connectivity index (χ2n) is 11.4. The average Bonchev–Trinajstić information content (AvgIpc) is 3.65. The van der Waals surface area contributed by atoms with Crippen molar-refractivity contribution in [3.63, 3.8) is 0 Å². The fourth-order valence-electron chi connectivity index (χ4n) is 9.28. The van der Waals surface area contributed by atoms with Crippen LogP contribution in [0.4, 0.5) is 4.79 Å². The summed E-state index contributed by atoms with van der Waals surface area (Å²) in [6.07, 6.45) is 13.1. The Labute approximate surface area is 183 Å². The van der Waals surface area contributed by atoms with Crippen LogP contribution in [0.1, 0.15) is 64.7 Å². The minimum absolute atomic E-state index is 0.182. The number of aliphatic hydroxyl groups is 1. The highest BCUT2D eigenvalue weighted by Gasteiger charge is 2.77. The molecular formula is C26H34O5. The topological polar surface area (TPSA) is 83.8 Å². The number of ether oxygens (including phenoxy) is 1. The molecule has 31 heavy (non-hydrogen) atoms. The third-order valence-electron chi connectivity index (χ3n) is 10.5. The van der Waals surface area contributed by atoms with Crippen LogP contribution in [-0.2, 0) is 9.53 Å². The smallest absolute Gasteiger partial charge is 0.449 e. The van der Waals surface area contributed by atoms with Gasteiger partial charge in [-0.2, -0.15) is 0 Å². The maximum Gasteiger partial charge on any atom is 0.510 e. The van der Waals surface area contributed by atoms with Crippen molar-refractivity contribution in [1.82, 2.24) is 0 Å². The zero-order valence-corrected chi connectivity index (χ0v) is 18.3. The van der Waals surface area contributed by atoms with E-state index in [1.165, 1.54) is 24.7 Å². The molecule has 0 unspecified atom stereocenters. The molecule has 0 aromatic carbocycles. The van der Waals surface area contributed by atoms with E-state index in [-0.39, 0.29) is 11.3 Å². The van der Waals surface area contributed by atoms with Crippen molar-refractivity contribution in [1.29, 1.82) is 0 Å². The van der Waals surface area contributed by atoms with Gasteiger partial charge in [0.25, 0.3) is 0 Å². The van der Waals surface area contributed by atoms with Gasteiger partial charge in [-0.05, 0) is 111 Å². The minimum atomic E-state index is -1.33.